The lowest BCUT2D eigenvalue weighted by Gasteiger charge is -2.36. The average Bonchev–Trinajstić information content (AvgIpc) is 2.66. The summed E-state index contributed by atoms with van der Waals surface area (Å²) in [6.45, 7) is 5.75. The van der Waals surface area contributed by atoms with Crippen LogP contribution < -0.4 is 10.6 Å². The van der Waals surface area contributed by atoms with Crippen LogP contribution in [0.1, 0.15) is 46.5 Å². The lowest BCUT2D eigenvalue weighted by Crippen LogP contribution is -2.36. The Morgan fingerprint density at radius 1 is 1.03 bits per heavy atom. The van der Waals surface area contributed by atoms with E-state index in [1.54, 1.807) is 0 Å². The Morgan fingerprint density at radius 2 is 1.69 bits per heavy atom. The molecule has 1 aliphatic rings. The van der Waals surface area contributed by atoms with Crippen LogP contribution >= 0.6 is 0 Å². The number of amides is 2. The maximum Gasteiger partial charge on any atom is 0.309 e. The minimum Gasteiger partial charge on any atom is -0.455 e. The molecule has 2 rings (SSSR count). The van der Waals surface area contributed by atoms with Gasteiger partial charge in [-0.2, -0.15) is 0 Å². The van der Waals surface area contributed by atoms with Crippen LogP contribution in [0.4, 0.5) is 14.5 Å². The molecule has 1 aromatic rings. The van der Waals surface area contributed by atoms with Gasteiger partial charge in [0, 0.05) is 11.8 Å². The number of esters is 1. The van der Waals surface area contributed by atoms with E-state index >= 15 is 0 Å². The van der Waals surface area contributed by atoms with Gasteiger partial charge in [0.1, 0.15) is 0 Å². The summed E-state index contributed by atoms with van der Waals surface area (Å²) in [4.78, 5) is 35.7. The van der Waals surface area contributed by atoms with Crippen molar-refractivity contribution in [1.29, 1.82) is 0 Å². The summed E-state index contributed by atoms with van der Waals surface area (Å²) in [6.07, 6.45) is 3.41. The molecule has 0 radical (unpaired) electrons. The van der Waals surface area contributed by atoms with E-state index in [9.17, 15) is 23.2 Å². The predicted octanol–water partition coefficient (Wildman–Crippen LogP) is 3.42. The van der Waals surface area contributed by atoms with Crippen LogP contribution in [0.3, 0.4) is 0 Å². The molecule has 0 atom stereocenters. The number of carbonyl (C=O) groups is 3. The number of halogens is 2. The third-order valence-corrected chi connectivity index (χ3v) is 5.28. The molecule has 0 aliphatic heterocycles. The first kappa shape index (κ1) is 22.8. The highest BCUT2D eigenvalue weighted by Gasteiger charge is 2.33. The number of hydrogen-bond donors (Lipinski definition) is 2. The van der Waals surface area contributed by atoms with Crippen molar-refractivity contribution in [3.05, 3.63) is 29.8 Å². The molecule has 1 aliphatic carbocycles. The Labute approximate surface area is 169 Å². The van der Waals surface area contributed by atoms with Gasteiger partial charge in [0.05, 0.1) is 12.5 Å². The normalized spacial score (nSPS) is 19.3. The van der Waals surface area contributed by atoms with Crippen LogP contribution in [0.25, 0.3) is 0 Å². The number of ether oxygens (including phenoxy) is 1. The summed E-state index contributed by atoms with van der Waals surface area (Å²) in [7, 11) is 0. The van der Waals surface area contributed by atoms with Crippen molar-refractivity contribution < 1.29 is 27.9 Å². The van der Waals surface area contributed by atoms with E-state index in [0.29, 0.717) is 5.92 Å². The van der Waals surface area contributed by atoms with E-state index in [-0.39, 0.29) is 23.6 Å². The molecule has 1 saturated carbocycles. The second-order valence-electron chi connectivity index (χ2n) is 8.48. The van der Waals surface area contributed by atoms with Gasteiger partial charge in [0.2, 0.25) is 5.91 Å². The Balaban J connectivity index is 1.67. The molecule has 0 unspecified atom stereocenters. The van der Waals surface area contributed by atoms with Crippen molar-refractivity contribution in [2.24, 2.45) is 17.3 Å². The van der Waals surface area contributed by atoms with Gasteiger partial charge in [-0.15, -0.1) is 0 Å². The molecule has 0 bridgehead atoms. The fourth-order valence-corrected chi connectivity index (χ4v) is 3.46. The van der Waals surface area contributed by atoms with Crippen LogP contribution in [-0.2, 0) is 19.1 Å². The van der Waals surface area contributed by atoms with Gasteiger partial charge in [0.25, 0.3) is 5.91 Å². The fourth-order valence-electron chi connectivity index (χ4n) is 3.46. The monoisotopic (exact) mass is 410 g/mol. The highest BCUT2D eigenvalue weighted by atomic mass is 19.2. The molecule has 0 aromatic heterocycles. The summed E-state index contributed by atoms with van der Waals surface area (Å²) in [5.41, 5.74) is 0.287. The lowest BCUT2D eigenvalue weighted by molar-refractivity contribution is -0.154. The zero-order valence-corrected chi connectivity index (χ0v) is 17.0. The largest absolute Gasteiger partial charge is 0.455 e. The van der Waals surface area contributed by atoms with Crippen LogP contribution in [0.2, 0.25) is 0 Å². The summed E-state index contributed by atoms with van der Waals surface area (Å²) in [5.74, 6) is -3.35. The smallest absolute Gasteiger partial charge is 0.309 e. The number of anilines is 1. The van der Waals surface area contributed by atoms with E-state index in [1.165, 1.54) is 6.07 Å². The summed E-state index contributed by atoms with van der Waals surface area (Å²) < 4.78 is 31.0. The molecule has 29 heavy (non-hydrogen) atoms. The molecule has 0 saturated heterocycles. The average molecular weight is 410 g/mol. The Hall–Kier alpha value is -2.51. The molecule has 6 nitrogen and oxygen atoms in total. The molecule has 0 heterocycles. The Morgan fingerprint density at radius 3 is 2.28 bits per heavy atom. The second-order valence-corrected chi connectivity index (χ2v) is 8.48. The number of benzene rings is 1. The van der Waals surface area contributed by atoms with Crippen LogP contribution in [0.15, 0.2) is 18.2 Å². The fraction of sp³-hybridized carbons (Fsp3) is 0.571. The summed E-state index contributed by atoms with van der Waals surface area (Å²) >= 11 is 0. The van der Waals surface area contributed by atoms with Gasteiger partial charge in [-0.1, -0.05) is 20.8 Å². The second kappa shape index (κ2) is 9.80. The van der Waals surface area contributed by atoms with E-state index in [0.717, 1.165) is 37.8 Å². The van der Waals surface area contributed by atoms with Crippen molar-refractivity contribution >= 4 is 23.5 Å². The Bertz CT molecular complexity index is 754. The SMILES string of the molecule is CC(C)(C)C1CCC(C(=O)OCC(=O)NCC(=O)Nc2ccc(F)c(F)c2)CC1. The maximum absolute atomic E-state index is 13.1. The van der Waals surface area contributed by atoms with E-state index in [2.05, 4.69) is 31.4 Å². The third kappa shape index (κ3) is 7.11. The molecule has 1 fully saturated rings. The van der Waals surface area contributed by atoms with Crippen molar-refractivity contribution in [3.63, 3.8) is 0 Å². The highest BCUT2D eigenvalue weighted by Crippen LogP contribution is 2.40. The van der Waals surface area contributed by atoms with Gasteiger partial charge in [0.15, 0.2) is 18.2 Å². The zero-order valence-electron chi connectivity index (χ0n) is 17.0. The van der Waals surface area contributed by atoms with Crippen molar-refractivity contribution in [2.75, 3.05) is 18.5 Å². The third-order valence-electron chi connectivity index (χ3n) is 5.28. The zero-order chi connectivity index (χ0) is 21.6. The molecular weight excluding hydrogens is 382 g/mol. The predicted molar refractivity (Wildman–Crippen MR) is 104 cm³/mol. The van der Waals surface area contributed by atoms with E-state index in [1.807, 2.05) is 0 Å². The molecule has 2 N–H and O–H groups in total. The number of carbonyl (C=O) groups excluding carboxylic acids is 3. The number of rotatable bonds is 6. The molecule has 0 spiro atoms. The van der Waals surface area contributed by atoms with Crippen molar-refractivity contribution in [1.82, 2.24) is 5.32 Å². The first-order valence-electron chi connectivity index (χ1n) is 9.74. The van der Waals surface area contributed by atoms with Crippen LogP contribution in [0, 0.1) is 28.9 Å². The molecule has 2 amide bonds. The van der Waals surface area contributed by atoms with Gasteiger partial charge in [-0.25, -0.2) is 8.78 Å². The van der Waals surface area contributed by atoms with E-state index < -0.39 is 36.0 Å². The first-order valence-corrected chi connectivity index (χ1v) is 9.74. The molecule has 160 valence electrons. The van der Waals surface area contributed by atoms with Gasteiger partial charge in [-0.3, -0.25) is 14.4 Å². The molecular formula is C21H28F2N2O4. The van der Waals surface area contributed by atoms with Gasteiger partial charge < -0.3 is 15.4 Å². The molecule has 1 aromatic carbocycles. The number of nitrogens with one attached hydrogen (secondary N) is 2. The first-order chi connectivity index (χ1) is 13.6. The minimum absolute atomic E-state index is 0.0698. The maximum atomic E-state index is 13.1. The Kier molecular flexibility index (Phi) is 7.70. The van der Waals surface area contributed by atoms with Gasteiger partial charge in [-0.05, 0) is 49.1 Å². The van der Waals surface area contributed by atoms with Gasteiger partial charge >= 0.3 is 5.97 Å². The quantitative estimate of drug-likeness (QED) is 0.704. The van der Waals surface area contributed by atoms with E-state index in [4.69, 9.17) is 4.74 Å². The molecule has 8 heteroatoms. The summed E-state index contributed by atoms with van der Waals surface area (Å²) in [5, 5.41) is 4.65. The van der Waals surface area contributed by atoms with Crippen LogP contribution in [0.5, 0.6) is 0 Å². The number of hydrogen-bond acceptors (Lipinski definition) is 4. The van der Waals surface area contributed by atoms with Crippen molar-refractivity contribution in [3.8, 4) is 0 Å². The lowest BCUT2D eigenvalue weighted by atomic mass is 9.70. The highest BCUT2D eigenvalue weighted by molar-refractivity contribution is 5.94. The topological polar surface area (TPSA) is 84.5 Å². The van der Waals surface area contributed by atoms with Crippen LogP contribution in [-0.4, -0.2) is 30.9 Å². The summed E-state index contributed by atoms with van der Waals surface area (Å²) in [6, 6.07) is 2.93. The van der Waals surface area contributed by atoms with Crippen molar-refractivity contribution in [2.45, 2.75) is 46.5 Å². The minimum atomic E-state index is -1.09. The standard InChI is InChI=1S/C21H28F2N2O4/c1-21(2,3)14-6-4-13(5-7-14)20(28)29-12-19(27)24-11-18(26)25-15-8-9-16(22)17(23)10-15/h8-10,13-14H,4-7,11-12H2,1-3H3,(H,24,27)(H,25,26).